The van der Waals surface area contributed by atoms with Gasteiger partial charge < -0.3 is 4.74 Å². The third-order valence-electron chi connectivity index (χ3n) is 4.77. The van der Waals surface area contributed by atoms with Crippen LogP contribution >= 0.6 is 33.2 Å². The van der Waals surface area contributed by atoms with Crippen molar-refractivity contribution in [1.82, 2.24) is 0 Å². The summed E-state index contributed by atoms with van der Waals surface area (Å²) >= 11 is 17.6. The van der Waals surface area contributed by atoms with Gasteiger partial charge in [-0.15, -0.1) is 33.2 Å². The fraction of sp³-hybridized carbons (Fsp3) is 0.857. The molecule has 0 aliphatic carbocycles. The predicted octanol–water partition coefficient (Wildman–Crippen LogP) is 8.61. The number of halogens is 3. The van der Waals surface area contributed by atoms with Crippen LogP contribution in [0.1, 0.15) is 103 Å². The molecule has 0 heterocycles. The first-order valence-electron chi connectivity index (χ1n) is 10.8. The topological polar surface area (TPSA) is 26.3 Å². The highest BCUT2D eigenvalue weighted by atomic mass is 35.8. The molecule has 0 aromatic rings. The van der Waals surface area contributed by atoms with Gasteiger partial charge in [0.1, 0.15) is 0 Å². The molecule has 0 saturated carbocycles. The van der Waals surface area contributed by atoms with Gasteiger partial charge in [-0.05, 0) is 12.5 Å². The Morgan fingerprint density at radius 2 is 1.00 bits per heavy atom. The molecule has 0 bridgehead atoms. The first-order valence-corrected chi connectivity index (χ1v) is 16.1. The van der Waals surface area contributed by atoms with Crippen LogP contribution in [0.25, 0.3) is 0 Å². The Labute approximate surface area is 182 Å². The number of ether oxygens (including phenoxy) is 1. The van der Waals surface area contributed by atoms with Crippen LogP contribution in [0.2, 0.25) is 6.04 Å². The minimum atomic E-state index is -2.38. The molecule has 0 radical (unpaired) electrons. The van der Waals surface area contributed by atoms with E-state index in [1.807, 2.05) is 0 Å². The molecule has 0 saturated heterocycles. The predicted molar refractivity (Wildman–Crippen MR) is 123 cm³/mol. The number of hydrogen-bond donors (Lipinski definition) is 0. The lowest BCUT2D eigenvalue weighted by Gasteiger charge is -2.07. The van der Waals surface area contributed by atoms with Crippen LogP contribution in [0.15, 0.2) is 12.7 Å². The summed E-state index contributed by atoms with van der Waals surface area (Å²) < 4.78 is 4.96. The summed E-state index contributed by atoms with van der Waals surface area (Å²) in [6.45, 7) is 3.91. The lowest BCUT2D eigenvalue weighted by Crippen LogP contribution is -2.07. The van der Waals surface area contributed by atoms with Gasteiger partial charge >= 0.3 is 12.0 Å². The average Bonchev–Trinajstić information content (AvgIpc) is 2.62. The molecule has 0 N–H and O–H groups in total. The highest BCUT2D eigenvalue weighted by Gasteiger charge is 2.23. The van der Waals surface area contributed by atoms with E-state index in [1.54, 1.807) is 0 Å². The molecule has 0 aromatic carbocycles. The molecule has 2 nitrogen and oxygen atoms in total. The van der Waals surface area contributed by atoms with Crippen LogP contribution in [0.5, 0.6) is 0 Å². The Hall–Kier alpha value is 0.297. The summed E-state index contributed by atoms with van der Waals surface area (Å²) in [5.41, 5.74) is 0. The van der Waals surface area contributed by atoms with Crippen molar-refractivity contribution in [2.75, 3.05) is 6.61 Å². The molecule has 0 spiro atoms. The molecular formula is C21H39Cl3O2Si. The van der Waals surface area contributed by atoms with Gasteiger partial charge in [0.05, 0.1) is 6.61 Å². The normalized spacial score (nSPS) is 11.5. The van der Waals surface area contributed by atoms with Crippen molar-refractivity contribution in [3.8, 4) is 0 Å². The monoisotopic (exact) mass is 456 g/mol. The van der Waals surface area contributed by atoms with E-state index in [0.717, 1.165) is 25.3 Å². The molecule has 0 aliphatic heterocycles. The minimum absolute atomic E-state index is 0.312. The van der Waals surface area contributed by atoms with Crippen LogP contribution in [0.3, 0.4) is 0 Å². The smallest absolute Gasteiger partial charge is 0.341 e. The maximum absolute atomic E-state index is 10.9. The van der Waals surface area contributed by atoms with E-state index in [9.17, 15) is 4.79 Å². The summed E-state index contributed by atoms with van der Waals surface area (Å²) in [7, 11) is 0. The molecule has 0 fully saturated rings. The van der Waals surface area contributed by atoms with Crippen molar-refractivity contribution in [3.05, 3.63) is 12.7 Å². The molecule has 0 amide bonds. The molecule has 0 unspecified atom stereocenters. The highest BCUT2D eigenvalue weighted by molar-refractivity contribution is 7.64. The summed E-state index contributed by atoms with van der Waals surface area (Å²) in [6, 6.07) is -1.57. The van der Waals surface area contributed by atoms with Crippen molar-refractivity contribution >= 4 is 45.2 Å². The van der Waals surface area contributed by atoms with Crippen LogP contribution in [0, 0.1) is 0 Å². The number of carbonyl (C=O) groups is 1. The standard InChI is InChI=1S/C21H39Cl3O2Si/c1-2-21(25)26-19-17-15-13-11-9-7-5-3-4-6-8-10-12-14-16-18-20-27(22,23)24/h2H,1,3-20H2. The highest BCUT2D eigenvalue weighted by Crippen LogP contribution is 2.27. The number of unbranched alkanes of at least 4 members (excludes halogenated alkanes) is 15. The Morgan fingerprint density at radius 1 is 0.667 bits per heavy atom. The second kappa shape index (κ2) is 19.6. The van der Waals surface area contributed by atoms with E-state index in [2.05, 4.69) is 6.58 Å². The van der Waals surface area contributed by atoms with Gasteiger partial charge in [0.25, 0.3) is 0 Å². The summed E-state index contributed by atoms with van der Waals surface area (Å²) in [5.74, 6) is -0.312. The second-order valence-electron chi connectivity index (χ2n) is 7.39. The zero-order valence-corrected chi connectivity index (χ0v) is 20.2. The molecule has 160 valence electrons. The number of carbonyl (C=O) groups excluding carboxylic acids is 1. The second-order valence-corrected chi connectivity index (χ2v) is 16.7. The third kappa shape index (κ3) is 24.3. The molecule has 27 heavy (non-hydrogen) atoms. The lowest BCUT2D eigenvalue weighted by molar-refractivity contribution is -0.137. The minimum Gasteiger partial charge on any atom is -0.463 e. The van der Waals surface area contributed by atoms with Crippen molar-refractivity contribution < 1.29 is 9.53 Å². The molecule has 0 aromatic heterocycles. The fourth-order valence-corrected chi connectivity index (χ4v) is 4.99. The van der Waals surface area contributed by atoms with E-state index in [1.165, 1.54) is 89.5 Å². The zero-order valence-electron chi connectivity index (χ0n) is 17.0. The Bertz CT molecular complexity index is 360. The fourth-order valence-electron chi connectivity index (χ4n) is 3.13. The number of rotatable bonds is 20. The molecular weight excluding hydrogens is 419 g/mol. The summed E-state index contributed by atoms with van der Waals surface area (Å²) in [4.78, 5) is 10.9. The molecule has 0 atom stereocenters. The van der Waals surface area contributed by atoms with E-state index in [-0.39, 0.29) is 5.97 Å². The molecule has 0 aliphatic rings. The van der Waals surface area contributed by atoms with Crippen molar-refractivity contribution in [2.45, 2.75) is 109 Å². The van der Waals surface area contributed by atoms with Gasteiger partial charge in [-0.25, -0.2) is 4.79 Å². The first kappa shape index (κ1) is 27.3. The van der Waals surface area contributed by atoms with E-state index < -0.39 is 6.00 Å². The first-order chi connectivity index (χ1) is 13.0. The van der Waals surface area contributed by atoms with Crippen LogP contribution in [-0.4, -0.2) is 18.6 Å². The van der Waals surface area contributed by atoms with Gasteiger partial charge in [0.15, 0.2) is 0 Å². The Balaban J connectivity index is 3.07. The molecule has 6 heteroatoms. The van der Waals surface area contributed by atoms with E-state index in [0.29, 0.717) is 6.61 Å². The van der Waals surface area contributed by atoms with Gasteiger partial charge in [-0.2, -0.15) is 0 Å². The van der Waals surface area contributed by atoms with Gasteiger partial charge in [0.2, 0.25) is 0 Å². The largest absolute Gasteiger partial charge is 0.463 e. The summed E-state index contributed by atoms with van der Waals surface area (Å²) in [6.07, 6.45) is 21.7. The Kier molecular flexibility index (Phi) is 19.8. The van der Waals surface area contributed by atoms with Crippen molar-refractivity contribution in [3.63, 3.8) is 0 Å². The SMILES string of the molecule is C=CC(=O)OCCCCCCCCCCCCCCCCCC[Si](Cl)(Cl)Cl. The van der Waals surface area contributed by atoms with Crippen molar-refractivity contribution in [2.24, 2.45) is 0 Å². The van der Waals surface area contributed by atoms with E-state index >= 15 is 0 Å². The van der Waals surface area contributed by atoms with Crippen molar-refractivity contribution in [1.29, 1.82) is 0 Å². The quantitative estimate of drug-likeness (QED) is 0.0601. The van der Waals surface area contributed by atoms with E-state index in [4.69, 9.17) is 38.0 Å². The molecule has 0 rings (SSSR count). The number of hydrogen-bond acceptors (Lipinski definition) is 2. The van der Waals surface area contributed by atoms with Crippen LogP contribution < -0.4 is 0 Å². The van der Waals surface area contributed by atoms with Crippen LogP contribution in [0.4, 0.5) is 0 Å². The average molecular weight is 458 g/mol. The van der Waals surface area contributed by atoms with Gasteiger partial charge in [-0.1, -0.05) is 103 Å². The maximum atomic E-state index is 10.9. The maximum Gasteiger partial charge on any atom is 0.341 e. The van der Waals surface area contributed by atoms with Gasteiger partial charge in [0, 0.05) is 6.08 Å². The third-order valence-corrected chi connectivity index (χ3v) is 7.39. The lowest BCUT2D eigenvalue weighted by atomic mass is 10.0. The van der Waals surface area contributed by atoms with Gasteiger partial charge in [-0.3, -0.25) is 0 Å². The number of esters is 1. The summed E-state index contributed by atoms with van der Waals surface area (Å²) in [5, 5.41) is 0. The Morgan fingerprint density at radius 3 is 1.33 bits per heavy atom. The zero-order chi connectivity index (χ0) is 20.2. The van der Waals surface area contributed by atoms with Crippen LogP contribution in [-0.2, 0) is 9.53 Å².